The number of carbonyl (C=O) groups is 1. The molecule has 0 aliphatic rings. The van der Waals surface area contributed by atoms with Gasteiger partial charge in [-0.1, -0.05) is 81.4 Å². The second-order valence-electron chi connectivity index (χ2n) is 6.22. The fourth-order valence-corrected chi connectivity index (χ4v) is 7.94. The van der Waals surface area contributed by atoms with Gasteiger partial charge in [-0.15, -0.1) is 0 Å². The summed E-state index contributed by atoms with van der Waals surface area (Å²) in [6, 6.07) is 20.2. The average Bonchev–Trinajstić information content (AvgIpc) is 2.48. The summed E-state index contributed by atoms with van der Waals surface area (Å²) >= 11 is 0. The lowest BCUT2D eigenvalue weighted by molar-refractivity contribution is 0.195. The first kappa shape index (κ1) is 15.5. The highest BCUT2D eigenvalue weighted by molar-refractivity contribution is 7.23. The molecule has 0 heterocycles. The van der Waals surface area contributed by atoms with Gasteiger partial charge in [0, 0.05) is 0 Å². The molecular formula is C18H22O2Si. The van der Waals surface area contributed by atoms with Crippen molar-refractivity contribution in [3.63, 3.8) is 0 Å². The lowest BCUT2D eigenvalue weighted by Crippen LogP contribution is -2.69. The van der Waals surface area contributed by atoms with Gasteiger partial charge in [0.05, 0.1) is 7.11 Å². The van der Waals surface area contributed by atoms with E-state index in [0.29, 0.717) is 0 Å². The molecule has 0 amide bonds. The Morgan fingerprint density at radius 2 is 1.24 bits per heavy atom. The number of rotatable bonds is 3. The van der Waals surface area contributed by atoms with Crippen LogP contribution in [0.4, 0.5) is 4.79 Å². The van der Waals surface area contributed by atoms with Crippen LogP contribution in [-0.4, -0.2) is 20.8 Å². The third-order valence-electron chi connectivity index (χ3n) is 4.03. The SMILES string of the molecule is COC(=O)[Si](c1ccccc1)(c1ccccc1)C(C)(C)C. The van der Waals surface area contributed by atoms with Gasteiger partial charge in [0.15, 0.2) is 0 Å². The molecule has 2 aromatic carbocycles. The summed E-state index contributed by atoms with van der Waals surface area (Å²) < 4.78 is 5.27. The lowest BCUT2D eigenvalue weighted by atomic mass is 10.2. The van der Waals surface area contributed by atoms with Crippen molar-refractivity contribution in [2.24, 2.45) is 0 Å². The summed E-state index contributed by atoms with van der Waals surface area (Å²) in [6.07, 6.45) is 0. The molecule has 0 atom stereocenters. The van der Waals surface area contributed by atoms with E-state index < -0.39 is 8.07 Å². The minimum absolute atomic E-state index is 0.0904. The molecule has 0 aliphatic carbocycles. The molecule has 0 spiro atoms. The van der Waals surface area contributed by atoms with Crippen LogP contribution in [0.25, 0.3) is 0 Å². The smallest absolute Gasteiger partial charge is 0.282 e. The fraction of sp³-hybridized carbons (Fsp3) is 0.278. The van der Waals surface area contributed by atoms with Gasteiger partial charge in [-0.05, 0) is 15.4 Å². The maximum atomic E-state index is 12.9. The largest absolute Gasteiger partial charge is 0.473 e. The van der Waals surface area contributed by atoms with Gasteiger partial charge < -0.3 is 4.74 Å². The molecule has 0 N–H and O–H groups in total. The molecule has 2 aromatic rings. The Labute approximate surface area is 127 Å². The maximum absolute atomic E-state index is 12.9. The number of benzene rings is 2. The van der Waals surface area contributed by atoms with E-state index in [4.69, 9.17) is 4.74 Å². The van der Waals surface area contributed by atoms with Gasteiger partial charge in [-0.25, -0.2) is 0 Å². The van der Waals surface area contributed by atoms with E-state index in [9.17, 15) is 4.79 Å². The molecular weight excluding hydrogens is 276 g/mol. The number of hydrogen-bond acceptors (Lipinski definition) is 2. The Balaban J connectivity index is 2.82. The van der Waals surface area contributed by atoms with Crippen molar-refractivity contribution in [3.05, 3.63) is 60.7 Å². The second kappa shape index (κ2) is 5.86. The molecule has 0 saturated heterocycles. The summed E-state index contributed by atoms with van der Waals surface area (Å²) in [4.78, 5) is 12.9. The van der Waals surface area contributed by atoms with Crippen LogP contribution < -0.4 is 10.4 Å². The molecule has 0 aromatic heterocycles. The number of hydrogen-bond donors (Lipinski definition) is 0. The normalized spacial score (nSPS) is 12.0. The summed E-state index contributed by atoms with van der Waals surface area (Å²) in [6.45, 7) is 6.41. The van der Waals surface area contributed by atoms with Crippen LogP contribution in [0.2, 0.25) is 5.04 Å². The first-order valence-corrected chi connectivity index (χ1v) is 9.14. The summed E-state index contributed by atoms with van der Waals surface area (Å²) in [5.74, 6) is 0. The van der Waals surface area contributed by atoms with Gasteiger partial charge in [0.2, 0.25) is 0 Å². The third-order valence-corrected chi connectivity index (χ3v) is 9.50. The molecule has 0 radical (unpaired) electrons. The van der Waals surface area contributed by atoms with Crippen molar-refractivity contribution in [1.29, 1.82) is 0 Å². The van der Waals surface area contributed by atoms with Crippen LogP contribution in [0.15, 0.2) is 60.7 Å². The van der Waals surface area contributed by atoms with Crippen LogP contribution in [0.1, 0.15) is 20.8 Å². The molecule has 110 valence electrons. The van der Waals surface area contributed by atoms with Crippen molar-refractivity contribution in [2.45, 2.75) is 25.8 Å². The van der Waals surface area contributed by atoms with Gasteiger partial charge in [0.25, 0.3) is 13.7 Å². The molecule has 0 saturated carbocycles. The zero-order valence-electron chi connectivity index (χ0n) is 13.1. The van der Waals surface area contributed by atoms with Gasteiger partial charge >= 0.3 is 0 Å². The molecule has 0 bridgehead atoms. The number of methoxy groups -OCH3 is 1. The minimum atomic E-state index is -2.71. The average molecular weight is 298 g/mol. The predicted molar refractivity (Wildman–Crippen MR) is 90.0 cm³/mol. The zero-order valence-corrected chi connectivity index (χ0v) is 14.1. The van der Waals surface area contributed by atoms with E-state index in [1.807, 2.05) is 36.4 Å². The van der Waals surface area contributed by atoms with Crippen LogP contribution in [0, 0.1) is 0 Å². The Bertz CT molecular complexity index is 561. The molecule has 3 heteroatoms. The highest BCUT2D eigenvalue weighted by atomic mass is 28.3. The fourth-order valence-electron chi connectivity index (χ4n) is 3.10. The van der Waals surface area contributed by atoms with Gasteiger partial charge in [-0.2, -0.15) is 0 Å². The highest BCUT2D eigenvalue weighted by Gasteiger charge is 2.55. The summed E-state index contributed by atoms with van der Waals surface area (Å²) in [5, 5.41) is 1.99. The Morgan fingerprint density at radius 1 is 0.857 bits per heavy atom. The highest BCUT2D eigenvalue weighted by Crippen LogP contribution is 2.36. The monoisotopic (exact) mass is 298 g/mol. The zero-order chi connectivity index (χ0) is 15.5. The van der Waals surface area contributed by atoms with Gasteiger partial charge in [0.1, 0.15) is 0 Å². The molecule has 0 aliphatic heterocycles. The quantitative estimate of drug-likeness (QED) is 0.812. The summed E-state index contributed by atoms with van der Waals surface area (Å²) in [7, 11) is -1.23. The number of ether oxygens (including phenoxy) is 1. The van der Waals surface area contributed by atoms with E-state index >= 15 is 0 Å². The molecule has 21 heavy (non-hydrogen) atoms. The first-order valence-electron chi connectivity index (χ1n) is 7.14. The molecule has 0 fully saturated rings. The van der Waals surface area contributed by atoms with E-state index in [0.717, 1.165) is 10.4 Å². The standard InChI is InChI=1S/C18H22O2Si/c1-18(2,3)21(17(19)20-4,15-11-7-5-8-12-15)16-13-9-6-10-14-16/h5-14H,1-4H3. The van der Waals surface area contributed by atoms with Crippen molar-refractivity contribution < 1.29 is 9.53 Å². The predicted octanol–water partition coefficient (Wildman–Crippen LogP) is 3.40. The van der Waals surface area contributed by atoms with Crippen LogP contribution in [-0.2, 0) is 4.74 Å². The van der Waals surface area contributed by atoms with Crippen LogP contribution >= 0.6 is 0 Å². The van der Waals surface area contributed by atoms with Crippen LogP contribution in [0.3, 0.4) is 0 Å². The van der Waals surface area contributed by atoms with E-state index in [1.165, 1.54) is 7.11 Å². The van der Waals surface area contributed by atoms with E-state index in [1.54, 1.807) is 0 Å². The Morgan fingerprint density at radius 3 is 1.52 bits per heavy atom. The topological polar surface area (TPSA) is 26.3 Å². The lowest BCUT2D eigenvalue weighted by Gasteiger charge is -2.40. The minimum Gasteiger partial charge on any atom is -0.473 e. The molecule has 2 rings (SSSR count). The molecule has 0 unspecified atom stereocenters. The Kier molecular flexibility index (Phi) is 4.33. The van der Waals surface area contributed by atoms with Crippen molar-refractivity contribution >= 4 is 24.0 Å². The van der Waals surface area contributed by atoms with Crippen molar-refractivity contribution in [3.8, 4) is 0 Å². The Hall–Kier alpha value is -1.87. The van der Waals surface area contributed by atoms with Crippen LogP contribution in [0.5, 0.6) is 0 Å². The van der Waals surface area contributed by atoms with Crippen molar-refractivity contribution in [1.82, 2.24) is 0 Å². The second-order valence-corrected chi connectivity index (χ2v) is 10.8. The maximum Gasteiger partial charge on any atom is 0.282 e. The van der Waals surface area contributed by atoms with Crippen molar-refractivity contribution in [2.75, 3.05) is 7.11 Å². The van der Waals surface area contributed by atoms with E-state index in [2.05, 4.69) is 45.0 Å². The summed E-state index contributed by atoms with van der Waals surface area (Å²) in [5.41, 5.74) is -0.0904. The molecule has 2 nitrogen and oxygen atoms in total. The first-order chi connectivity index (χ1) is 9.94. The number of carbonyl (C=O) groups excluding carboxylic acids is 1. The van der Waals surface area contributed by atoms with E-state index in [-0.39, 0.29) is 10.6 Å². The third kappa shape index (κ3) is 2.53. The van der Waals surface area contributed by atoms with Gasteiger partial charge in [-0.3, -0.25) is 4.79 Å².